The number of carbonyl (C=O) groups is 1. The third-order valence-corrected chi connectivity index (χ3v) is 5.72. The van der Waals surface area contributed by atoms with Crippen molar-refractivity contribution in [2.24, 2.45) is 0 Å². The Morgan fingerprint density at radius 2 is 1.79 bits per heavy atom. The third kappa shape index (κ3) is 3.39. The van der Waals surface area contributed by atoms with Crippen molar-refractivity contribution in [1.29, 1.82) is 0 Å². The van der Waals surface area contributed by atoms with Crippen molar-refractivity contribution in [3.63, 3.8) is 0 Å². The van der Waals surface area contributed by atoms with E-state index in [0.29, 0.717) is 18.8 Å². The number of hydrogen-bond acceptors (Lipinski definition) is 6. The molecule has 0 aliphatic carbocycles. The van der Waals surface area contributed by atoms with E-state index in [0.717, 1.165) is 49.0 Å². The van der Waals surface area contributed by atoms with Crippen LogP contribution >= 0.6 is 0 Å². The van der Waals surface area contributed by atoms with Gasteiger partial charge in [0, 0.05) is 51.5 Å². The highest BCUT2D eigenvalue weighted by Gasteiger charge is 2.26. The van der Waals surface area contributed by atoms with Crippen molar-refractivity contribution >= 4 is 23.1 Å². The number of piperazine rings is 1. The number of hydrogen-bond donors (Lipinski definition) is 0. The normalized spacial score (nSPS) is 17.3. The highest BCUT2D eigenvalue weighted by Crippen LogP contribution is 2.25. The summed E-state index contributed by atoms with van der Waals surface area (Å²) in [7, 11) is 0. The number of fused-ring (bicyclic) bond motifs is 1. The van der Waals surface area contributed by atoms with Crippen molar-refractivity contribution in [2.75, 3.05) is 49.1 Å². The van der Waals surface area contributed by atoms with Gasteiger partial charge in [-0.3, -0.25) is 4.79 Å². The lowest BCUT2D eigenvalue weighted by atomic mass is 10.2. The Morgan fingerprint density at radius 1 is 1.00 bits per heavy atom. The van der Waals surface area contributed by atoms with Gasteiger partial charge in [0.15, 0.2) is 11.5 Å². The minimum absolute atomic E-state index is 0.0144. The Morgan fingerprint density at radius 3 is 2.52 bits per heavy atom. The number of pyridine rings is 1. The second-order valence-corrected chi connectivity index (χ2v) is 7.73. The molecule has 8 nitrogen and oxygen atoms in total. The number of anilines is 2. The summed E-state index contributed by atoms with van der Waals surface area (Å²) in [5, 5.41) is 4.59. The molecule has 150 valence electrons. The lowest BCUT2D eigenvalue weighted by molar-refractivity contribution is 0.0740. The number of amides is 1. The Kier molecular flexibility index (Phi) is 4.54. The first-order valence-electron chi connectivity index (χ1n) is 10.3. The van der Waals surface area contributed by atoms with E-state index < -0.39 is 0 Å². The van der Waals surface area contributed by atoms with Gasteiger partial charge in [-0.1, -0.05) is 6.07 Å². The average Bonchev–Trinajstić information content (AvgIpc) is 3.43. The van der Waals surface area contributed by atoms with Crippen LogP contribution < -0.4 is 9.80 Å². The van der Waals surface area contributed by atoms with Gasteiger partial charge in [-0.15, -0.1) is 0 Å². The molecular formula is C21H25N7O. The van der Waals surface area contributed by atoms with Gasteiger partial charge < -0.3 is 14.7 Å². The third-order valence-electron chi connectivity index (χ3n) is 5.72. The van der Waals surface area contributed by atoms with E-state index in [1.54, 1.807) is 6.20 Å². The molecule has 8 heteroatoms. The molecule has 0 atom stereocenters. The molecule has 2 aliphatic heterocycles. The van der Waals surface area contributed by atoms with E-state index in [4.69, 9.17) is 4.98 Å². The van der Waals surface area contributed by atoms with Crippen LogP contribution in [-0.4, -0.2) is 69.7 Å². The topological polar surface area (TPSA) is 69.9 Å². The van der Waals surface area contributed by atoms with E-state index in [1.807, 2.05) is 46.8 Å². The van der Waals surface area contributed by atoms with E-state index in [1.165, 1.54) is 12.8 Å². The Balaban J connectivity index is 1.36. The van der Waals surface area contributed by atoms with Crippen LogP contribution in [0, 0.1) is 6.92 Å². The predicted octanol–water partition coefficient (Wildman–Crippen LogP) is 2.00. The maximum absolute atomic E-state index is 13.1. The number of nitrogens with zero attached hydrogens (tertiary/aromatic N) is 7. The van der Waals surface area contributed by atoms with Crippen LogP contribution in [0.4, 0.5) is 11.6 Å². The highest BCUT2D eigenvalue weighted by molar-refractivity contribution is 5.94. The fraction of sp³-hybridized carbons (Fsp3) is 0.429. The number of rotatable bonds is 3. The van der Waals surface area contributed by atoms with Crippen LogP contribution in [0.15, 0.2) is 36.7 Å². The first-order chi connectivity index (χ1) is 14.2. The molecule has 1 amide bonds. The van der Waals surface area contributed by atoms with Crippen LogP contribution in [0.2, 0.25) is 0 Å². The van der Waals surface area contributed by atoms with Crippen molar-refractivity contribution in [1.82, 2.24) is 24.5 Å². The van der Waals surface area contributed by atoms with E-state index in [9.17, 15) is 4.79 Å². The standard InChI is InChI=1S/C21H25N7O/c1-16-15-28-18(20(23-16)26-8-4-5-9-26)14-17(24-28)21(29)27-12-10-25(11-13-27)19-6-2-3-7-22-19/h2-3,6-7,14-15H,4-5,8-13H2,1H3. The molecule has 2 saturated heterocycles. The summed E-state index contributed by atoms with van der Waals surface area (Å²) >= 11 is 0. The van der Waals surface area contributed by atoms with Gasteiger partial charge in [0.1, 0.15) is 11.3 Å². The molecule has 3 aromatic rings. The zero-order valence-corrected chi connectivity index (χ0v) is 16.7. The number of aryl methyl sites for hydroxylation is 1. The molecule has 0 radical (unpaired) electrons. The zero-order chi connectivity index (χ0) is 19.8. The molecule has 0 aromatic carbocycles. The van der Waals surface area contributed by atoms with Gasteiger partial charge in [0.2, 0.25) is 0 Å². The molecule has 3 aromatic heterocycles. The van der Waals surface area contributed by atoms with Crippen LogP contribution in [0.25, 0.3) is 5.52 Å². The van der Waals surface area contributed by atoms with Crippen LogP contribution in [0.5, 0.6) is 0 Å². The minimum Gasteiger partial charge on any atom is -0.355 e. The van der Waals surface area contributed by atoms with Gasteiger partial charge in [-0.05, 0) is 31.9 Å². The van der Waals surface area contributed by atoms with Gasteiger partial charge in [0.25, 0.3) is 5.91 Å². The maximum atomic E-state index is 13.1. The Labute approximate surface area is 169 Å². The summed E-state index contributed by atoms with van der Waals surface area (Å²) in [5.74, 6) is 1.89. The predicted molar refractivity (Wildman–Crippen MR) is 112 cm³/mol. The Hall–Kier alpha value is -3.16. The van der Waals surface area contributed by atoms with Gasteiger partial charge >= 0.3 is 0 Å². The smallest absolute Gasteiger partial charge is 0.274 e. The SMILES string of the molecule is Cc1cn2nc(C(=O)N3CCN(c4ccccn4)CC3)cc2c(N2CCCC2)n1. The monoisotopic (exact) mass is 391 g/mol. The fourth-order valence-corrected chi connectivity index (χ4v) is 4.20. The van der Waals surface area contributed by atoms with Crippen molar-refractivity contribution in [2.45, 2.75) is 19.8 Å². The summed E-state index contributed by atoms with van der Waals surface area (Å²) in [6.07, 6.45) is 6.06. The lowest BCUT2D eigenvalue weighted by Gasteiger charge is -2.35. The molecule has 0 N–H and O–H groups in total. The molecule has 2 fully saturated rings. The maximum Gasteiger partial charge on any atom is 0.274 e. The first-order valence-corrected chi connectivity index (χ1v) is 10.3. The lowest BCUT2D eigenvalue weighted by Crippen LogP contribution is -2.49. The quantitative estimate of drug-likeness (QED) is 0.680. The first kappa shape index (κ1) is 17.9. The molecule has 5 rings (SSSR count). The average molecular weight is 391 g/mol. The van der Waals surface area contributed by atoms with Gasteiger partial charge in [-0.25, -0.2) is 14.5 Å². The summed E-state index contributed by atoms with van der Waals surface area (Å²) in [6.45, 7) is 6.87. The summed E-state index contributed by atoms with van der Waals surface area (Å²) < 4.78 is 1.81. The van der Waals surface area contributed by atoms with Gasteiger partial charge in [-0.2, -0.15) is 5.10 Å². The van der Waals surface area contributed by atoms with Crippen LogP contribution in [0.3, 0.4) is 0 Å². The summed E-state index contributed by atoms with van der Waals surface area (Å²) in [4.78, 5) is 28.7. The van der Waals surface area contributed by atoms with Gasteiger partial charge in [0.05, 0.1) is 11.9 Å². The van der Waals surface area contributed by atoms with Crippen molar-refractivity contribution < 1.29 is 4.79 Å². The molecular weight excluding hydrogens is 366 g/mol. The number of aromatic nitrogens is 4. The van der Waals surface area contributed by atoms with Crippen molar-refractivity contribution in [3.8, 4) is 0 Å². The largest absolute Gasteiger partial charge is 0.355 e. The molecule has 2 aliphatic rings. The molecule has 5 heterocycles. The highest BCUT2D eigenvalue weighted by atomic mass is 16.2. The number of carbonyl (C=O) groups excluding carboxylic acids is 1. The summed E-state index contributed by atoms with van der Waals surface area (Å²) in [6, 6.07) is 7.81. The van der Waals surface area contributed by atoms with E-state index in [2.05, 4.69) is 19.9 Å². The Bertz CT molecular complexity index is 1020. The molecule has 0 bridgehead atoms. The second-order valence-electron chi connectivity index (χ2n) is 7.73. The molecule has 0 unspecified atom stereocenters. The molecule has 0 saturated carbocycles. The molecule has 29 heavy (non-hydrogen) atoms. The fourth-order valence-electron chi connectivity index (χ4n) is 4.20. The van der Waals surface area contributed by atoms with E-state index in [-0.39, 0.29) is 5.91 Å². The summed E-state index contributed by atoms with van der Waals surface area (Å²) in [5.41, 5.74) is 2.31. The second kappa shape index (κ2) is 7.35. The van der Waals surface area contributed by atoms with Crippen LogP contribution in [0.1, 0.15) is 29.0 Å². The zero-order valence-electron chi connectivity index (χ0n) is 16.7. The van der Waals surface area contributed by atoms with Crippen LogP contribution in [-0.2, 0) is 0 Å². The molecule has 0 spiro atoms. The van der Waals surface area contributed by atoms with E-state index >= 15 is 0 Å². The van der Waals surface area contributed by atoms with Crippen molar-refractivity contribution in [3.05, 3.63) is 48.0 Å². The minimum atomic E-state index is -0.0144.